The molecule has 1 fully saturated rings. The summed E-state index contributed by atoms with van der Waals surface area (Å²) in [5.74, 6) is 1.01. The van der Waals surface area contributed by atoms with Gasteiger partial charge in [-0.3, -0.25) is 0 Å². The highest BCUT2D eigenvalue weighted by Gasteiger charge is 2.18. The zero-order chi connectivity index (χ0) is 10.9. The quantitative estimate of drug-likeness (QED) is 0.574. The molecule has 0 aromatic rings. The van der Waals surface area contributed by atoms with E-state index in [4.69, 9.17) is 0 Å². The molecule has 0 radical (unpaired) electrons. The summed E-state index contributed by atoms with van der Waals surface area (Å²) in [7, 11) is 0. The van der Waals surface area contributed by atoms with Gasteiger partial charge in [0.2, 0.25) is 0 Å². The Morgan fingerprint density at radius 2 is 1.93 bits per heavy atom. The van der Waals surface area contributed by atoms with E-state index in [1.54, 1.807) is 0 Å². The summed E-state index contributed by atoms with van der Waals surface area (Å²) in [5, 5.41) is 0. The molecule has 1 heterocycles. The lowest BCUT2D eigenvalue weighted by Crippen LogP contribution is -2.35. The maximum absolute atomic E-state index is 2.71. The first-order valence-electron chi connectivity index (χ1n) is 7.09. The highest BCUT2D eigenvalue weighted by molar-refractivity contribution is 4.72. The minimum absolute atomic E-state index is 1.01. The summed E-state index contributed by atoms with van der Waals surface area (Å²) in [6.07, 6.45) is 11.4. The molecule has 0 saturated carbocycles. The van der Waals surface area contributed by atoms with E-state index in [1.807, 2.05) is 0 Å². The summed E-state index contributed by atoms with van der Waals surface area (Å²) in [6.45, 7) is 8.73. The summed E-state index contributed by atoms with van der Waals surface area (Å²) in [6, 6.07) is 0. The highest BCUT2D eigenvalue weighted by Crippen LogP contribution is 2.21. The van der Waals surface area contributed by atoms with E-state index in [2.05, 4.69) is 18.7 Å². The van der Waals surface area contributed by atoms with Gasteiger partial charge in [-0.2, -0.15) is 0 Å². The van der Waals surface area contributed by atoms with Crippen LogP contribution in [0, 0.1) is 5.92 Å². The molecular weight excluding hydrogens is 182 g/mol. The first-order valence-corrected chi connectivity index (χ1v) is 7.09. The van der Waals surface area contributed by atoms with Crippen molar-refractivity contribution < 1.29 is 0 Å². The first kappa shape index (κ1) is 13.0. The van der Waals surface area contributed by atoms with Gasteiger partial charge in [-0.25, -0.2) is 0 Å². The predicted octanol–water partition coefficient (Wildman–Crippen LogP) is 4.08. The van der Waals surface area contributed by atoms with Gasteiger partial charge >= 0.3 is 0 Å². The fourth-order valence-electron chi connectivity index (χ4n) is 2.76. The fraction of sp³-hybridized carbons (Fsp3) is 1.00. The van der Waals surface area contributed by atoms with Crippen molar-refractivity contribution in [1.82, 2.24) is 4.90 Å². The predicted molar refractivity (Wildman–Crippen MR) is 68.2 cm³/mol. The Morgan fingerprint density at radius 1 is 1.07 bits per heavy atom. The third-order valence-corrected chi connectivity index (χ3v) is 3.63. The van der Waals surface area contributed by atoms with Crippen LogP contribution < -0.4 is 0 Å². The van der Waals surface area contributed by atoms with Gasteiger partial charge in [0, 0.05) is 6.54 Å². The normalized spacial score (nSPS) is 23.2. The maximum atomic E-state index is 2.71. The van der Waals surface area contributed by atoms with Gasteiger partial charge in [0.05, 0.1) is 0 Å². The van der Waals surface area contributed by atoms with E-state index in [-0.39, 0.29) is 0 Å². The molecule has 0 aliphatic carbocycles. The molecule has 0 amide bonds. The zero-order valence-corrected chi connectivity index (χ0v) is 10.8. The van der Waals surface area contributed by atoms with Crippen molar-refractivity contribution in [3.05, 3.63) is 0 Å². The van der Waals surface area contributed by atoms with Crippen molar-refractivity contribution >= 4 is 0 Å². The average Bonchev–Trinajstić information content (AvgIpc) is 2.26. The van der Waals surface area contributed by atoms with Crippen LogP contribution >= 0.6 is 0 Å². The van der Waals surface area contributed by atoms with Crippen molar-refractivity contribution in [2.45, 2.75) is 65.2 Å². The lowest BCUT2D eigenvalue weighted by molar-refractivity contribution is 0.165. The second-order valence-electron chi connectivity index (χ2n) is 5.16. The second-order valence-corrected chi connectivity index (χ2v) is 5.16. The molecule has 1 atom stereocenters. The Hall–Kier alpha value is -0.0400. The molecule has 1 nitrogen and oxygen atoms in total. The second kappa shape index (κ2) is 8.15. The Labute approximate surface area is 96.2 Å². The van der Waals surface area contributed by atoms with Gasteiger partial charge in [0.25, 0.3) is 0 Å². The van der Waals surface area contributed by atoms with Crippen LogP contribution in [0.1, 0.15) is 65.2 Å². The average molecular weight is 211 g/mol. The van der Waals surface area contributed by atoms with Gasteiger partial charge in [-0.15, -0.1) is 0 Å². The van der Waals surface area contributed by atoms with Gasteiger partial charge in [0.15, 0.2) is 0 Å². The Kier molecular flexibility index (Phi) is 7.08. The van der Waals surface area contributed by atoms with Crippen molar-refractivity contribution in [2.75, 3.05) is 19.6 Å². The molecule has 1 unspecified atom stereocenters. The monoisotopic (exact) mass is 211 g/mol. The van der Waals surface area contributed by atoms with Crippen LogP contribution in [0.15, 0.2) is 0 Å². The summed E-state index contributed by atoms with van der Waals surface area (Å²) >= 11 is 0. The van der Waals surface area contributed by atoms with E-state index in [0.717, 1.165) is 5.92 Å². The zero-order valence-electron chi connectivity index (χ0n) is 10.8. The largest absolute Gasteiger partial charge is 0.303 e. The first-order chi connectivity index (χ1) is 7.36. The minimum atomic E-state index is 1.01. The van der Waals surface area contributed by atoms with Crippen LogP contribution in [0.2, 0.25) is 0 Å². The van der Waals surface area contributed by atoms with Gasteiger partial charge in [0.1, 0.15) is 0 Å². The van der Waals surface area contributed by atoms with Crippen molar-refractivity contribution in [3.63, 3.8) is 0 Å². The van der Waals surface area contributed by atoms with Crippen LogP contribution in [0.4, 0.5) is 0 Å². The lowest BCUT2D eigenvalue weighted by Gasteiger charge is -2.32. The molecular formula is C14H29N. The number of unbranched alkanes of at least 4 members (excludes halogenated alkanes) is 3. The SMILES string of the molecule is CCCCCCN1CCCC(CCC)C1. The van der Waals surface area contributed by atoms with Crippen LogP contribution in [0.3, 0.4) is 0 Å². The number of likely N-dealkylation sites (tertiary alicyclic amines) is 1. The highest BCUT2D eigenvalue weighted by atomic mass is 15.1. The molecule has 90 valence electrons. The Bertz CT molecular complexity index is 142. The van der Waals surface area contributed by atoms with Crippen molar-refractivity contribution in [1.29, 1.82) is 0 Å². The number of nitrogens with zero attached hydrogens (tertiary/aromatic N) is 1. The van der Waals surface area contributed by atoms with E-state index < -0.39 is 0 Å². The Balaban J connectivity index is 2.07. The van der Waals surface area contributed by atoms with Gasteiger partial charge in [-0.1, -0.05) is 39.5 Å². The number of hydrogen-bond acceptors (Lipinski definition) is 1. The van der Waals surface area contributed by atoms with E-state index in [0.29, 0.717) is 0 Å². The standard InChI is InChI=1S/C14H29N/c1-3-5-6-7-11-15-12-8-10-14(13-15)9-4-2/h14H,3-13H2,1-2H3. The lowest BCUT2D eigenvalue weighted by atomic mass is 9.93. The molecule has 0 aromatic carbocycles. The Morgan fingerprint density at radius 3 is 2.67 bits per heavy atom. The van der Waals surface area contributed by atoms with E-state index >= 15 is 0 Å². The molecule has 1 saturated heterocycles. The maximum Gasteiger partial charge on any atom is 0.000966 e. The molecule has 0 aromatic heterocycles. The van der Waals surface area contributed by atoms with Crippen LogP contribution in [-0.2, 0) is 0 Å². The molecule has 0 N–H and O–H groups in total. The third-order valence-electron chi connectivity index (χ3n) is 3.63. The molecule has 1 heteroatoms. The number of hydrogen-bond donors (Lipinski definition) is 0. The minimum Gasteiger partial charge on any atom is -0.303 e. The van der Waals surface area contributed by atoms with E-state index in [1.165, 1.54) is 71.0 Å². The third kappa shape index (κ3) is 5.55. The summed E-state index contributed by atoms with van der Waals surface area (Å²) in [5.41, 5.74) is 0. The fourth-order valence-corrected chi connectivity index (χ4v) is 2.76. The summed E-state index contributed by atoms with van der Waals surface area (Å²) in [4.78, 5) is 2.71. The van der Waals surface area contributed by atoms with E-state index in [9.17, 15) is 0 Å². The molecule has 0 bridgehead atoms. The molecule has 0 spiro atoms. The topological polar surface area (TPSA) is 3.24 Å². The molecule has 15 heavy (non-hydrogen) atoms. The van der Waals surface area contributed by atoms with Crippen LogP contribution in [0.5, 0.6) is 0 Å². The van der Waals surface area contributed by atoms with Crippen molar-refractivity contribution in [2.24, 2.45) is 5.92 Å². The number of piperidine rings is 1. The molecule has 1 aliphatic heterocycles. The van der Waals surface area contributed by atoms with Crippen LogP contribution in [0.25, 0.3) is 0 Å². The summed E-state index contributed by atoms with van der Waals surface area (Å²) < 4.78 is 0. The van der Waals surface area contributed by atoms with Crippen LogP contribution in [-0.4, -0.2) is 24.5 Å². The van der Waals surface area contributed by atoms with Gasteiger partial charge in [-0.05, 0) is 44.7 Å². The van der Waals surface area contributed by atoms with Crippen molar-refractivity contribution in [3.8, 4) is 0 Å². The molecule has 1 rings (SSSR count). The number of rotatable bonds is 7. The smallest absolute Gasteiger partial charge is 0.000966 e. The van der Waals surface area contributed by atoms with Gasteiger partial charge < -0.3 is 4.90 Å². The molecule has 1 aliphatic rings.